The van der Waals surface area contributed by atoms with E-state index in [4.69, 9.17) is 5.11 Å². The topological polar surface area (TPSA) is 55.1 Å². The first-order valence-corrected chi connectivity index (χ1v) is 5.36. The Balaban J connectivity index is 2.08. The van der Waals surface area contributed by atoms with Crippen molar-refractivity contribution in [2.75, 3.05) is 0 Å². The van der Waals surface area contributed by atoms with Crippen molar-refractivity contribution in [1.29, 1.82) is 0 Å². The maximum atomic E-state index is 10.3. The SMILES string of the molecule is CC(CCCCC(=O)O)Cn1ccnc1. The van der Waals surface area contributed by atoms with Crippen molar-refractivity contribution in [2.24, 2.45) is 5.92 Å². The molecule has 0 saturated carbocycles. The van der Waals surface area contributed by atoms with Crippen LogP contribution in [-0.2, 0) is 11.3 Å². The monoisotopic (exact) mass is 210 g/mol. The zero-order chi connectivity index (χ0) is 11.1. The molecule has 0 amide bonds. The minimum absolute atomic E-state index is 0.289. The van der Waals surface area contributed by atoms with Crippen LogP contribution in [0.4, 0.5) is 0 Å². The molecule has 1 aromatic rings. The van der Waals surface area contributed by atoms with E-state index in [-0.39, 0.29) is 6.42 Å². The van der Waals surface area contributed by atoms with Crippen molar-refractivity contribution in [3.05, 3.63) is 18.7 Å². The number of imidazole rings is 1. The molecule has 0 aromatic carbocycles. The number of rotatable bonds is 7. The molecule has 0 aliphatic carbocycles. The summed E-state index contributed by atoms with van der Waals surface area (Å²) in [5.74, 6) is -0.120. The maximum Gasteiger partial charge on any atom is 0.303 e. The zero-order valence-electron chi connectivity index (χ0n) is 9.09. The summed E-state index contributed by atoms with van der Waals surface area (Å²) in [5, 5.41) is 8.47. The number of unbranched alkanes of at least 4 members (excludes halogenated alkanes) is 1. The lowest BCUT2D eigenvalue weighted by Crippen LogP contribution is -2.06. The molecule has 1 rings (SSSR count). The first-order chi connectivity index (χ1) is 7.18. The molecule has 0 saturated heterocycles. The fourth-order valence-electron chi connectivity index (χ4n) is 1.61. The van der Waals surface area contributed by atoms with Gasteiger partial charge in [-0.25, -0.2) is 4.98 Å². The van der Waals surface area contributed by atoms with Crippen molar-refractivity contribution in [2.45, 2.75) is 39.2 Å². The summed E-state index contributed by atoms with van der Waals surface area (Å²) in [6.45, 7) is 3.15. The average molecular weight is 210 g/mol. The van der Waals surface area contributed by atoms with Gasteiger partial charge in [0.1, 0.15) is 0 Å². The molecule has 0 bridgehead atoms. The molecule has 1 heterocycles. The number of aromatic nitrogens is 2. The lowest BCUT2D eigenvalue weighted by molar-refractivity contribution is -0.137. The molecule has 84 valence electrons. The Labute approximate surface area is 89.9 Å². The van der Waals surface area contributed by atoms with Gasteiger partial charge in [-0.2, -0.15) is 0 Å². The zero-order valence-corrected chi connectivity index (χ0v) is 9.09. The van der Waals surface area contributed by atoms with Gasteiger partial charge in [0.2, 0.25) is 0 Å². The maximum absolute atomic E-state index is 10.3. The van der Waals surface area contributed by atoms with E-state index in [1.54, 1.807) is 6.20 Å². The lowest BCUT2D eigenvalue weighted by atomic mass is 10.0. The van der Waals surface area contributed by atoms with E-state index in [1.807, 2.05) is 12.5 Å². The number of nitrogens with zero attached hydrogens (tertiary/aromatic N) is 2. The van der Waals surface area contributed by atoms with Gasteiger partial charge in [0.05, 0.1) is 6.33 Å². The molecule has 15 heavy (non-hydrogen) atoms. The van der Waals surface area contributed by atoms with Crippen LogP contribution in [0.3, 0.4) is 0 Å². The molecule has 4 nitrogen and oxygen atoms in total. The largest absolute Gasteiger partial charge is 0.481 e. The standard InChI is InChI=1S/C11H18N2O2/c1-10(4-2-3-5-11(14)15)8-13-7-6-12-9-13/h6-7,9-10H,2-5,8H2,1H3,(H,14,15). The van der Waals surface area contributed by atoms with Crippen molar-refractivity contribution in [3.8, 4) is 0 Å². The molecule has 0 aliphatic heterocycles. The molecule has 0 fully saturated rings. The van der Waals surface area contributed by atoms with Gasteiger partial charge in [-0.05, 0) is 18.8 Å². The van der Waals surface area contributed by atoms with Crippen LogP contribution in [0.5, 0.6) is 0 Å². The summed E-state index contributed by atoms with van der Waals surface area (Å²) in [5.41, 5.74) is 0. The summed E-state index contributed by atoms with van der Waals surface area (Å²) in [4.78, 5) is 14.3. The first-order valence-electron chi connectivity index (χ1n) is 5.36. The molecule has 0 aliphatic rings. The van der Waals surface area contributed by atoms with Gasteiger partial charge in [0.15, 0.2) is 0 Å². The highest BCUT2D eigenvalue weighted by molar-refractivity contribution is 5.66. The second-order valence-corrected chi connectivity index (χ2v) is 4.00. The Morgan fingerprint density at radius 3 is 2.93 bits per heavy atom. The summed E-state index contributed by atoms with van der Waals surface area (Å²) in [6.07, 6.45) is 8.67. The average Bonchev–Trinajstić information content (AvgIpc) is 2.64. The van der Waals surface area contributed by atoms with Crippen LogP contribution in [0.15, 0.2) is 18.7 Å². The summed E-state index contributed by atoms with van der Waals surface area (Å²) in [7, 11) is 0. The fourth-order valence-corrected chi connectivity index (χ4v) is 1.61. The number of hydrogen-bond acceptors (Lipinski definition) is 2. The second kappa shape index (κ2) is 6.22. The smallest absolute Gasteiger partial charge is 0.303 e. The normalized spacial score (nSPS) is 12.6. The molecular weight excluding hydrogens is 192 g/mol. The molecule has 1 atom stereocenters. The van der Waals surface area contributed by atoms with Gasteiger partial charge in [-0.3, -0.25) is 4.79 Å². The summed E-state index contributed by atoms with van der Waals surface area (Å²) >= 11 is 0. The van der Waals surface area contributed by atoms with Gasteiger partial charge in [0, 0.05) is 25.4 Å². The van der Waals surface area contributed by atoms with Crippen LogP contribution in [0.2, 0.25) is 0 Å². The highest BCUT2D eigenvalue weighted by atomic mass is 16.4. The van der Waals surface area contributed by atoms with E-state index >= 15 is 0 Å². The number of carboxylic acids is 1. The third-order valence-electron chi connectivity index (χ3n) is 2.42. The Bertz CT molecular complexity index is 283. The third kappa shape index (κ3) is 5.20. The van der Waals surface area contributed by atoms with E-state index in [9.17, 15) is 4.79 Å². The highest BCUT2D eigenvalue weighted by Gasteiger charge is 2.03. The Morgan fingerprint density at radius 1 is 1.53 bits per heavy atom. The molecular formula is C11H18N2O2. The predicted molar refractivity (Wildman–Crippen MR) is 57.5 cm³/mol. The van der Waals surface area contributed by atoms with Gasteiger partial charge < -0.3 is 9.67 Å². The molecule has 1 N–H and O–H groups in total. The second-order valence-electron chi connectivity index (χ2n) is 4.00. The molecule has 1 aromatic heterocycles. The number of carbonyl (C=O) groups is 1. The van der Waals surface area contributed by atoms with Crippen LogP contribution in [-0.4, -0.2) is 20.6 Å². The van der Waals surface area contributed by atoms with Crippen LogP contribution < -0.4 is 0 Å². The van der Waals surface area contributed by atoms with Crippen LogP contribution in [0.25, 0.3) is 0 Å². The number of carboxylic acid groups (broad SMARTS) is 1. The van der Waals surface area contributed by atoms with E-state index in [0.717, 1.165) is 25.8 Å². The molecule has 0 radical (unpaired) electrons. The van der Waals surface area contributed by atoms with Gasteiger partial charge in [0.25, 0.3) is 0 Å². The van der Waals surface area contributed by atoms with Crippen LogP contribution >= 0.6 is 0 Å². The number of hydrogen-bond donors (Lipinski definition) is 1. The van der Waals surface area contributed by atoms with Crippen LogP contribution in [0, 0.1) is 5.92 Å². The molecule has 4 heteroatoms. The Kier molecular flexibility index (Phi) is 4.87. The van der Waals surface area contributed by atoms with Gasteiger partial charge in [-0.1, -0.05) is 13.3 Å². The minimum Gasteiger partial charge on any atom is -0.481 e. The van der Waals surface area contributed by atoms with Crippen molar-refractivity contribution >= 4 is 5.97 Å². The van der Waals surface area contributed by atoms with Gasteiger partial charge >= 0.3 is 5.97 Å². The van der Waals surface area contributed by atoms with E-state index in [1.165, 1.54) is 0 Å². The summed E-state index contributed by atoms with van der Waals surface area (Å²) < 4.78 is 2.06. The van der Waals surface area contributed by atoms with Gasteiger partial charge in [-0.15, -0.1) is 0 Å². The van der Waals surface area contributed by atoms with Crippen molar-refractivity contribution in [1.82, 2.24) is 9.55 Å². The third-order valence-corrected chi connectivity index (χ3v) is 2.42. The molecule has 1 unspecified atom stereocenters. The van der Waals surface area contributed by atoms with E-state index < -0.39 is 5.97 Å². The Hall–Kier alpha value is -1.32. The van der Waals surface area contributed by atoms with Crippen molar-refractivity contribution in [3.63, 3.8) is 0 Å². The predicted octanol–water partition coefficient (Wildman–Crippen LogP) is 2.16. The molecule has 0 spiro atoms. The highest BCUT2D eigenvalue weighted by Crippen LogP contribution is 2.11. The Morgan fingerprint density at radius 2 is 2.33 bits per heavy atom. The van der Waals surface area contributed by atoms with Crippen molar-refractivity contribution < 1.29 is 9.90 Å². The van der Waals surface area contributed by atoms with Crippen LogP contribution in [0.1, 0.15) is 32.6 Å². The number of aliphatic carboxylic acids is 1. The van der Waals surface area contributed by atoms with E-state index in [0.29, 0.717) is 5.92 Å². The lowest BCUT2D eigenvalue weighted by Gasteiger charge is -2.11. The fraction of sp³-hybridized carbons (Fsp3) is 0.636. The quantitative estimate of drug-likeness (QED) is 0.702. The first kappa shape index (κ1) is 11.8. The van der Waals surface area contributed by atoms with E-state index in [2.05, 4.69) is 16.5 Å². The summed E-state index contributed by atoms with van der Waals surface area (Å²) in [6, 6.07) is 0. The minimum atomic E-state index is -0.697.